The minimum atomic E-state index is -1.34. The summed E-state index contributed by atoms with van der Waals surface area (Å²) in [5, 5.41) is 21.7. The predicted molar refractivity (Wildman–Crippen MR) is 110 cm³/mol. The number of halogens is 1. The maximum atomic E-state index is 12.6. The van der Waals surface area contributed by atoms with Gasteiger partial charge in [-0.05, 0) is 66.7 Å². The standard InChI is InChI=1S/C19H27BBrNO5/c1-17(2,3)26-16(23)22-11-14(13-10-12(21)8-9-15(13)22)20(25)27-19(6,7)18(4,5)24/h8-11,24-25H,1-7H3. The molecule has 1 heterocycles. The molecule has 0 radical (unpaired) electrons. The minimum Gasteiger partial charge on any atom is -0.443 e. The molecule has 148 valence electrons. The van der Waals surface area contributed by atoms with Gasteiger partial charge in [-0.15, -0.1) is 0 Å². The second kappa shape index (κ2) is 7.24. The Balaban J connectivity index is 2.51. The van der Waals surface area contributed by atoms with Gasteiger partial charge in [-0.3, -0.25) is 4.57 Å². The molecule has 27 heavy (non-hydrogen) atoms. The summed E-state index contributed by atoms with van der Waals surface area (Å²) in [4.78, 5) is 12.6. The lowest BCUT2D eigenvalue weighted by molar-refractivity contribution is -0.0982. The van der Waals surface area contributed by atoms with Gasteiger partial charge in [0.05, 0.1) is 16.7 Å². The lowest BCUT2D eigenvalue weighted by Gasteiger charge is -2.38. The maximum Gasteiger partial charge on any atom is 0.493 e. The molecule has 0 amide bonds. The molecule has 0 fully saturated rings. The molecule has 0 spiro atoms. The smallest absolute Gasteiger partial charge is 0.443 e. The highest BCUT2D eigenvalue weighted by Gasteiger charge is 2.40. The number of aromatic nitrogens is 1. The quantitative estimate of drug-likeness (QED) is 0.713. The summed E-state index contributed by atoms with van der Waals surface area (Å²) in [5.74, 6) is 0. The fourth-order valence-electron chi connectivity index (χ4n) is 2.37. The number of carbonyl (C=O) groups is 1. The zero-order valence-electron chi connectivity index (χ0n) is 16.8. The highest BCUT2D eigenvalue weighted by atomic mass is 79.9. The van der Waals surface area contributed by atoms with Gasteiger partial charge in [-0.25, -0.2) is 4.79 Å². The Morgan fingerprint density at radius 3 is 2.26 bits per heavy atom. The summed E-state index contributed by atoms with van der Waals surface area (Å²) in [6.45, 7) is 12.0. The van der Waals surface area contributed by atoms with Gasteiger partial charge in [0.1, 0.15) is 5.60 Å². The molecule has 0 unspecified atom stereocenters. The fourth-order valence-corrected chi connectivity index (χ4v) is 2.73. The van der Waals surface area contributed by atoms with Crippen molar-refractivity contribution < 1.29 is 24.3 Å². The molecule has 0 aliphatic heterocycles. The number of hydrogen-bond donors (Lipinski definition) is 2. The third-order valence-electron chi connectivity index (χ3n) is 4.53. The number of benzene rings is 1. The molecule has 2 N–H and O–H groups in total. The van der Waals surface area contributed by atoms with Crippen molar-refractivity contribution in [1.82, 2.24) is 4.57 Å². The maximum absolute atomic E-state index is 12.6. The molecular weight excluding hydrogens is 413 g/mol. The van der Waals surface area contributed by atoms with Crippen molar-refractivity contribution in [1.29, 1.82) is 0 Å². The molecule has 2 rings (SSSR count). The van der Waals surface area contributed by atoms with Crippen LogP contribution >= 0.6 is 15.9 Å². The van der Waals surface area contributed by atoms with Crippen LogP contribution in [0.2, 0.25) is 0 Å². The number of carbonyl (C=O) groups excluding carboxylic acids is 1. The fraction of sp³-hybridized carbons (Fsp3) is 0.526. The van der Waals surface area contributed by atoms with E-state index in [0.717, 1.165) is 4.47 Å². The minimum absolute atomic E-state index is 0.412. The normalized spacial score (nSPS) is 13.1. The Hall–Kier alpha value is -1.35. The molecule has 1 aromatic carbocycles. The zero-order chi connectivity index (χ0) is 20.8. The molecule has 0 atom stereocenters. The van der Waals surface area contributed by atoms with Gasteiger partial charge < -0.3 is 19.5 Å². The van der Waals surface area contributed by atoms with Crippen LogP contribution < -0.4 is 5.46 Å². The lowest BCUT2D eigenvalue weighted by atomic mass is 9.76. The van der Waals surface area contributed by atoms with Crippen LogP contribution in [0.4, 0.5) is 4.79 Å². The number of nitrogens with zero attached hydrogens (tertiary/aromatic N) is 1. The van der Waals surface area contributed by atoms with Crippen LogP contribution in [0.25, 0.3) is 10.9 Å². The van der Waals surface area contributed by atoms with Crippen LogP contribution in [0.3, 0.4) is 0 Å². The van der Waals surface area contributed by atoms with Gasteiger partial charge in [0.25, 0.3) is 0 Å². The number of hydrogen-bond acceptors (Lipinski definition) is 5. The van der Waals surface area contributed by atoms with Crippen molar-refractivity contribution in [3.05, 3.63) is 28.9 Å². The first-order valence-corrected chi connectivity index (χ1v) is 9.54. The molecule has 6 nitrogen and oxygen atoms in total. The van der Waals surface area contributed by atoms with Crippen LogP contribution in [0.1, 0.15) is 48.5 Å². The number of rotatable bonds is 4. The lowest BCUT2D eigenvalue weighted by Crippen LogP contribution is -2.53. The summed E-state index contributed by atoms with van der Waals surface area (Å²) in [7, 11) is -1.34. The first-order valence-electron chi connectivity index (χ1n) is 8.74. The van der Waals surface area contributed by atoms with E-state index in [2.05, 4.69) is 15.9 Å². The molecule has 0 aliphatic carbocycles. The van der Waals surface area contributed by atoms with Crippen LogP contribution in [0.15, 0.2) is 28.9 Å². The van der Waals surface area contributed by atoms with Crippen molar-refractivity contribution in [2.75, 3.05) is 0 Å². The van der Waals surface area contributed by atoms with E-state index < -0.39 is 30.0 Å². The van der Waals surface area contributed by atoms with E-state index in [9.17, 15) is 14.9 Å². The van der Waals surface area contributed by atoms with Crippen LogP contribution in [-0.4, -0.2) is 44.7 Å². The van der Waals surface area contributed by atoms with Gasteiger partial charge in [0, 0.05) is 21.5 Å². The molecule has 1 aromatic heterocycles. The predicted octanol–water partition coefficient (Wildman–Crippen LogP) is 3.44. The molecular formula is C19H27BBrNO5. The van der Waals surface area contributed by atoms with Crippen molar-refractivity contribution in [2.45, 2.75) is 65.3 Å². The van der Waals surface area contributed by atoms with E-state index in [1.54, 1.807) is 66.7 Å². The van der Waals surface area contributed by atoms with Crippen molar-refractivity contribution >= 4 is 45.5 Å². The van der Waals surface area contributed by atoms with Crippen molar-refractivity contribution in [3.8, 4) is 0 Å². The first-order chi connectivity index (χ1) is 12.1. The van der Waals surface area contributed by atoms with E-state index in [1.807, 2.05) is 0 Å². The van der Waals surface area contributed by atoms with Crippen LogP contribution in [0, 0.1) is 0 Å². The highest BCUT2D eigenvalue weighted by Crippen LogP contribution is 2.27. The topological polar surface area (TPSA) is 80.9 Å². The van der Waals surface area contributed by atoms with Gasteiger partial charge in [-0.1, -0.05) is 15.9 Å². The summed E-state index contributed by atoms with van der Waals surface area (Å²) >= 11 is 3.42. The Kier molecular flexibility index (Phi) is 5.88. The van der Waals surface area contributed by atoms with Crippen LogP contribution in [0.5, 0.6) is 0 Å². The van der Waals surface area contributed by atoms with Gasteiger partial charge in [-0.2, -0.15) is 0 Å². The van der Waals surface area contributed by atoms with Gasteiger partial charge in [0.2, 0.25) is 0 Å². The Bertz CT molecular complexity index is 848. The van der Waals surface area contributed by atoms with E-state index in [4.69, 9.17) is 9.39 Å². The summed E-state index contributed by atoms with van der Waals surface area (Å²) < 4.78 is 13.4. The van der Waals surface area contributed by atoms with Gasteiger partial charge in [0.15, 0.2) is 0 Å². The molecule has 0 saturated heterocycles. The average Bonchev–Trinajstić information content (AvgIpc) is 2.82. The van der Waals surface area contributed by atoms with E-state index in [1.165, 1.54) is 10.8 Å². The highest BCUT2D eigenvalue weighted by molar-refractivity contribution is 9.10. The third kappa shape index (κ3) is 4.93. The zero-order valence-corrected chi connectivity index (χ0v) is 18.4. The Morgan fingerprint density at radius 1 is 1.15 bits per heavy atom. The van der Waals surface area contributed by atoms with Crippen molar-refractivity contribution in [2.24, 2.45) is 0 Å². The second-order valence-corrected chi connectivity index (χ2v) is 9.55. The summed E-state index contributed by atoms with van der Waals surface area (Å²) in [6, 6.07) is 5.37. The SMILES string of the molecule is CC(C)(C)OC(=O)n1cc(B(O)OC(C)(C)C(C)(C)O)c2cc(Br)ccc21. The third-order valence-corrected chi connectivity index (χ3v) is 5.03. The monoisotopic (exact) mass is 439 g/mol. The number of aliphatic hydroxyl groups is 1. The number of ether oxygens (including phenoxy) is 1. The Morgan fingerprint density at radius 2 is 1.74 bits per heavy atom. The van der Waals surface area contributed by atoms with Crippen molar-refractivity contribution in [3.63, 3.8) is 0 Å². The molecule has 8 heteroatoms. The molecule has 0 saturated carbocycles. The van der Waals surface area contributed by atoms with E-state index >= 15 is 0 Å². The summed E-state index contributed by atoms with van der Waals surface area (Å²) in [5.41, 5.74) is -1.86. The largest absolute Gasteiger partial charge is 0.493 e. The van der Waals surface area contributed by atoms with Crippen LogP contribution in [-0.2, 0) is 9.39 Å². The first kappa shape index (κ1) is 21.9. The molecule has 2 aromatic rings. The summed E-state index contributed by atoms with van der Waals surface area (Å²) in [6.07, 6.45) is 0.964. The second-order valence-electron chi connectivity index (χ2n) is 8.64. The van der Waals surface area contributed by atoms with E-state index in [-0.39, 0.29) is 0 Å². The Labute approximate surface area is 168 Å². The molecule has 0 aliphatic rings. The van der Waals surface area contributed by atoms with Gasteiger partial charge >= 0.3 is 13.2 Å². The average molecular weight is 440 g/mol. The van der Waals surface area contributed by atoms with E-state index in [0.29, 0.717) is 16.4 Å². The number of fused-ring (bicyclic) bond motifs is 1. The molecule has 0 bridgehead atoms.